The number of likely N-dealkylation sites (N-methyl/N-ethyl adjacent to an activating group) is 1. The van der Waals surface area contributed by atoms with E-state index in [1.807, 2.05) is 87.4 Å². The molecule has 6 aromatic rings. The maximum atomic E-state index is 13.6. The van der Waals surface area contributed by atoms with Gasteiger partial charge in [0.05, 0.1) is 56.1 Å². The van der Waals surface area contributed by atoms with E-state index in [1.54, 1.807) is 68.3 Å². The molecule has 0 unspecified atom stereocenters. The number of ketones is 3. The van der Waals surface area contributed by atoms with Gasteiger partial charge in [-0.25, -0.2) is 50.5 Å². The Morgan fingerprint density at radius 3 is 0.993 bits per heavy atom. The number of carbonyl (C=O) groups excluding carboxylic acids is 3. The molecule has 36 nitrogen and oxygen atoms in total. The first kappa shape index (κ1) is 140. The molecule has 0 atom stereocenters. The minimum Gasteiger partial charge on any atom is -0.871 e. The number of nitrogens with zero attached hydrogens (tertiary/aromatic N) is 6. The van der Waals surface area contributed by atoms with E-state index >= 15 is 0 Å². The smallest absolute Gasteiger partial charge is 0.871 e. The van der Waals surface area contributed by atoms with Crippen molar-refractivity contribution in [1.29, 1.82) is 0 Å². The fourth-order valence-corrected chi connectivity index (χ4v) is 21.5. The fraction of sp³-hybridized carbons (Fsp3) is 0.326. The summed E-state index contributed by atoms with van der Waals surface area (Å²) in [6.45, 7) is 31.6. The standard InChI is InChI=1S/C32H36N2O11S3.C32H36N2O5S.C28H28N2O8S2.8K.2O3S/c1-6-12-33-25-10-8-19(47(40,41)42)15-23(25)31(2,3)27(33)17-21-29(35)22(30(21)36)18-28-32(4,5)24-16-20(48(43,44)45)9-11-26(24)34(28)13-7-14-46(37,38)39;1-6-16-33-25-14-9-7-12-23(25)31(2,3)27(33)19-21-29(35)22(30(21)36)20-28-32(4,5)24-13-8-10-15-26(24)34(28)17-11-18-40(37,38)39;1-27(2)19-11-15(39(33,34)35)7-9-21(19)29(5)23(27)13-17-25(31)18(26(17)32)14-24-28(3,4)20-12-16(40(36,37)38)8-10-22(20)30(24)6;;;;;;;;;2*1-4(2)3/h8-11,15-18,35H,1,6-7,12-14H2,2-5H3,(H,37,38,39)(H,40,41,42)(H,43,44,45);7-10,12-15,19-20,35H,1,6,11,16-18H2,2-5H3,(H,37,38,39);7-14H,1-6H3,(H2-,31,32,33,34,35,36,37,38);;;;;;;;;;/q;;;8*+1;;/p-8. The molecule has 0 saturated heterocycles. The van der Waals surface area contributed by atoms with E-state index in [9.17, 15) is 108 Å². The first-order chi connectivity index (χ1) is 62.5. The Morgan fingerprint density at radius 1 is 0.347 bits per heavy atom. The van der Waals surface area contributed by atoms with Gasteiger partial charge < -0.3 is 71.2 Å². The van der Waals surface area contributed by atoms with Crippen molar-refractivity contribution in [3.63, 3.8) is 0 Å². The van der Waals surface area contributed by atoms with Gasteiger partial charge in [0.1, 0.15) is 60.6 Å². The summed E-state index contributed by atoms with van der Waals surface area (Å²) in [6, 6.07) is 31.7. The summed E-state index contributed by atoms with van der Waals surface area (Å²) in [7, 11) is -30.6. The number of carbonyl (C=O) groups is 3. The number of Topliss-reactive ketones (excluding diaryl/α,β-unsaturated/α-hetero) is 3. The van der Waals surface area contributed by atoms with Crippen LogP contribution < -0.4 is 441 Å². The van der Waals surface area contributed by atoms with E-state index in [0.29, 0.717) is 93.8 Å². The maximum absolute atomic E-state index is 13.6. The van der Waals surface area contributed by atoms with E-state index in [1.165, 1.54) is 91.0 Å². The minimum atomic E-state index is -4.83. The van der Waals surface area contributed by atoms with Crippen LogP contribution in [0.2, 0.25) is 0 Å². The van der Waals surface area contributed by atoms with Crippen molar-refractivity contribution in [2.75, 3.05) is 66.5 Å². The Morgan fingerprint density at radius 2 is 0.625 bits per heavy atom. The predicted molar refractivity (Wildman–Crippen MR) is 484 cm³/mol. The second-order valence-electron chi connectivity index (χ2n) is 36.0. The molecule has 0 bridgehead atoms. The van der Waals surface area contributed by atoms with E-state index in [-0.39, 0.29) is 497 Å². The zero-order valence-electron chi connectivity index (χ0n) is 83.7. The van der Waals surface area contributed by atoms with Crippen LogP contribution in [0, 0.1) is 13.8 Å². The summed E-state index contributed by atoms with van der Waals surface area (Å²) in [6.07, 6.45) is 10.3. The van der Waals surface area contributed by atoms with Crippen LogP contribution in [0.5, 0.6) is 0 Å². The van der Waals surface area contributed by atoms with Crippen LogP contribution in [0.4, 0.5) is 34.1 Å². The molecule has 0 fully saturated rings. The first-order valence-corrected chi connectivity index (χ1v) is 52.3. The van der Waals surface area contributed by atoms with Crippen molar-refractivity contribution < 1.29 is 558 Å². The van der Waals surface area contributed by atoms with Crippen molar-refractivity contribution in [2.24, 2.45) is 0 Å². The van der Waals surface area contributed by atoms with Gasteiger partial charge in [-0.2, -0.15) is 13.7 Å². The number of hydrogen-bond donors (Lipinski definition) is 0. The van der Waals surface area contributed by atoms with Crippen molar-refractivity contribution in [1.82, 2.24) is 0 Å². The molecule has 6 heterocycles. The van der Waals surface area contributed by atoms with Crippen LogP contribution in [-0.4, -0.2) is 203 Å². The molecule has 0 aromatic heterocycles. The Bertz CT molecular complexity index is 7640. The molecule has 6 aliphatic heterocycles. The van der Waals surface area contributed by atoms with Gasteiger partial charge in [-0.15, -0.1) is 38.1 Å². The fourth-order valence-electron chi connectivity index (χ4n) is 18.6. The Labute approximate surface area is 1180 Å². The third kappa shape index (κ3) is 30.1. The van der Waals surface area contributed by atoms with Crippen molar-refractivity contribution in [2.45, 2.75) is 161 Å². The average Bonchev–Trinajstić information content (AvgIpc) is 1.56. The molecular formula is C92H92K8N6O30S8. The number of para-hydroxylation sites is 2. The molecule has 0 spiro atoms. The second-order valence-corrected chi connectivity index (χ2v) is 45.4. The maximum Gasteiger partial charge on any atom is 1.00 e. The number of benzene rings is 6. The van der Waals surface area contributed by atoms with E-state index in [4.69, 9.17) is 25.3 Å². The van der Waals surface area contributed by atoms with Gasteiger partial charge in [0.15, 0.2) is 34.5 Å². The van der Waals surface area contributed by atoms with Gasteiger partial charge in [0.25, 0.3) is 0 Å². The Hall–Kier alpha value is 1.59. The zero-order chi connectivity index (χ0) is 102. The van der Waals surface area contributed by atoms with Crippen LogP contribution >= 0.6 is 0 Å². The van der Waals surface area contributed by atoms with Gasteiger partial charge in [-0.3, -0.25) is 14.4 Å². The number of anilines is 3. The average molecular weight is 2330 g/mol. The van der Waals surface area contributed by atoms with E-state index in [2.05, 4.69) is 44.4 Å². The minimum absolute atomic E-state index is 0. The summed E-state index contributed by atoms with van der Waals surface area (Å²) in [5.41, 5.74) is 7.54. The van der Waals surface area contributed by atoms with Gasteiger partial charge in [0.2, 0.25) is 17.1 Å². The van der Waals surface area contributed by atoms with Crippen LogP contribution in [-0.2, 0) is 129 Å². The van der Waals surface area contributed by atoms with Crippen molar-refractivity contribution >= 4 is 151 Å². The summed E-state index contributed by atoms with van der Waals surface area (Å²) < 4.78 is 264. The molecule has 52 heteroatoms. The van der Waals surface area contributed by atoms with E-state index < -0.39 is 153 Å². The molecule has 0 radical (unpaired) electrons. The van der Waals surface area contributed by atoms with Crippen molar-refractivity contribution in [3.05, 3.63) is 273 Å². The molecule has 6 aromatic carbocycles. The van der Waals surface area contributed by atoms with Crippen LogP contribution in [0.1, 0.15) is 142 Å². The summed E-state index contributed by atoms with van der Waals surface area (Å²) >= 11 is 0. The van der Waals surface area contributed by atoms with Crippen LogP contribution in [0.15, 0.2) is 245 Å². The molecule has 0 saturated carbocycles. The third-order valence-electron chi connectivity index (χ3n) is 25.4. The molecule has 0 N–H and O–H groups in total. The molecule has 144 heavy (non-hydrogen) atoms. The zero-order valence-corrected chi connectivity index (χ0v) is 115. The second kappa shape index (κ2) is 53.7. The Kier molecular flexibility index (Phi) is 52.1. The van der Waals surface area contributed by atoms with Crippen LogP contribution in [0.25, 0.3) is 0 Å². The molecule has 3 aliphatic carbocycles. The normalized spacial score (nSPS) is 19.2. The van der Waals surface area contributed by atoms with E-state index in [0.717, 1.165) is 40.0 Å². The quantitative estimate of drug-likeness (QED) is 0.0200. The van der Waals surface area contributed by atoms with Crippen molar-refractivity contribution in [3.8, 4) is 0 Å². The monoisotopic (exact) mass is 2330 g/mol. The molecule has 726 valence electrons. The number of allylic oxidation sites excluding steroid dienone is 15. The topological polar surface area (TPSA) is 585 Å². The Balaban J connectivity index is 0.000000522. The number of fused-ring (bicyclic) bond motifs is 6. The predicted octanol–water partition coefficient (Wildman–Crippen LogP) is -18.2. The molecular weight excluding hydrogens is 2240 g/mol. The third-order valence-corrected chi connectivity index (χ3v) is 30.3. The molecule has 0 amide bonds. The largest absolute Gasteiger partial charge is 1.00 e. The first-order valence-electron chi connectivity index (χ1n) is 41.5. The molecule has 15 rings (SSSR count). The molecule has 9 aliphatic rings. The van der Waals surface area contributed by atoms with Gasteiger partial charge >= 0.3 is 432 Å². The number of rotatable bonds is 22. The van der Waals surface area contributed by atoms with Gasteiger partial charge in [-0.1, -0.05) is 95.2 Å². The summed E-state index contributed by atoms with van der Waals surface area (Å²) in [5.74, 6) is -3.90. The number of hydrogen-bond acceptors (Lipinski definition) is 33. The van der Waals surface area contributed by atoms with Gasteiger partial charge in [0, 0.05) is 169 Å². The SMILES string of the molecule is CN1/C(=C/C2=C([O-])C(=C/C3=[N+](C)c4ccc(S(=O)(=O)[O-])cc4C3(C)C)/C2=O)C(C)(C)c2cc(S(=O)(=O)[O-])ccc21.O=S(=O)=O.O=S(=O)=O.[CH2-]CC[N+]1=C(C=C2C(=O)C(/C=C3/N(CCCS(=O)(=O)[O-])c4ccc(S(=O)(=O)[O-])cc4C3(C)C)=C2[O-])C(C)(C)c2cc(S(=O)(=O)[O-])ccc21.[CH2-]CC[N+]1=C(C=C2C(=O)C(/C=C3/N(CCCS(=O)(=O)[O-])c4ccccc4C3(C)C)=C2[O-])C(C)(C)c2ccccc21.[K+].[K+].[K+].[K+].[K+].[K+].[K+].[K+]. The van der Waals surface area contributed by atoms with Crippen LogP contribution in [0.3, 0.4) is 0 Å². The summed E-state index contributed by atoms with van der Waals surface area (Å²) in [5, 5.41) is 40.3. The van der Waals surface area contributed by atoms with Gasteiger partial charge in [-0.05, 0) is 156 Å². The summed E-state index contributed by atoms with van der Waals surface area (Å²) in [4.78, 5) is 44.0.